The highest BCUT2D eigenvalue weighted by Crippen LogP contribution is 2.44. The summed E-state index contributed by atoms with van der Waals surface area (Å²) in [4.78, 5) is 3.31. The lowest BCUT2D eigenvalue weighted by Crippen LogP contribution is -2.34. The highest BCUT2D eigenvalue weighted by atomic mass is 19.4. The van der Waals surface area contributed by atoms with E-state index in [-0.39, 0.29) is 11.3 Å². The van der Waals surface area contributed by atoms with E-state index in [0.717, 1.165) is 13.0 Å². The van der Waals surface area contributed by atoms with Gasteiger partial charge in [-0.25, -0.2) is 0 Å². The molecule has 0 fully saturated rings. The number of rotatable bonds is 2. The van der Waals surface area contributed by atoms with Crippen LogP contribution in [0.4, 0.5) is 22.0 Å². The molecule has 1 aromatic heterocycles. The molecule has 0 atom stereocenters. The smallest absolute Gasteiger partial charge is 0.390 e. The van der Waals surface area contributed by atoms with Crippen LogP contribution in [0.15, 0.2) is 12.3 Å². The molecule has 1 N–H and O–H groups in total. The van der Waals surface area contributed by atoms with Gasteiger partial charge in [0.2, 0.25) is 0 Å². The number of halogens is 5. The first-order chi connectivity index (χ1) is 7.20. The maximum absolute atomic E-state index is 12.9. The summed E-state index contributed by atoms with van der Waals surface area (Å²) in [6, 6.07) is 0.995. The summed E-state index contributed by atoms with van der Waals surface area (Å²) >= 11 is 0. The second-order valence-electron chi connectivity index (χ2n) is 3.22. The molecular formula is C9H8F5NO. The summed E-state index contributed by atoms with van der Waals surface area (Å²) in [6.07, 6.45) is -5.21. The zero-order chi connectivity index (χ0) is 12.6. The Hall–Kier alpha value is -1.24. The lowest BCUT2D eigenvalue weighted by Gasteiger charge is -2.21. The van der Waals surface area contributed by atoms with Crippen molar-refractivity contribution >= 4 is 0 Å². The number of aromatic nitrogens is 1. The summed E-state index contributed by atoms with van der Waals surface area (Å²) < 4.78 is 62.0. The van der Waals surface area contributed by atoms with E-state index in [1.165, 1.54) is 0 Å². The Morgan fingerprint density at radius 1 is 1.25 bits per heavy atom. The van der Waals surface area contributed by atoms with Gasteiger partial charge in [0.05, 0.1) is 17.9 Å². The SMILES string of the molecule is Cc1cc(CO)ncc1C(F)(F)C(F)(F)F. The first-order valence-electron chi connectivity index (χ1n) is 4.21. The number of aliphatic hydroxyl groups is 1. The largest absolute Gasteiger partial charge is 0.458 e. The van der Waals surface area contributed by atoms with Gasteiger partial charge in [0.1, 0.15) is 0 Å². The van der Waals surface area contributed by atoms with Crippen molar-refractivity contribution in [2.24, 2.45) is 0 Å². The molecule has 0 bridgehead atoms. The molecule has 2 nitrogen and oxygen atoms in total. The van der Waals surface area contributed by atoms with Crippen LogP contribution in [0.1, 0.15) is 16.8 Å². The molecule has 0 aromatic carbocycles. The van der Waals surface area contributed by atoms with Crippen LogP contribution in [-0.2, 0) is 12.5 Å². The normalized spacial score (nSPS) is 12.9. The van der Waals surface area contributed by atoms with Gasteiger partial charge in [-0.2, -0.15) is 22.0 Å². The molecule has 0 spiro atoms. The maximum Gasteiger partial charge on any atom is 0.458 e. The highest BCUT2D eigenvalue weighted by molar-refractivity contribution is 5.30. The van der Waals surface area contributed by atoms with Crippen LogP contribution in [0.5, 0.6) is 0 Å². The van der Waals surface area contributed by atoms with Crippen LogP contribution >= 0.6 is 0 Å². The van der Waals surface area contributed by atoms with Crippen molar-refractivity contribution < 1.29 is 27.1 Å². The second kappa shape index (κ2) is 3.97. The number of nitrogens with zero attached hydrogens (tertiary/aromatic N) is 1. The molecule has 0 aliphatic rings. The van der Waals surface area contributed by atoms with E-state index in [4.69, 9.17) is 5.11 Å². The van der Waals surface area contributed by atoms with Crippen LogP contribution in [0, 0.1) is 6.92 Å². The van der Waals surface area contributed by atoms with Crippen molar-refractivity contribution in [3.63, 3.8) is 0 Å². The van der Waals surface area contributed by atoms with Gasteiger partial charge in [-0.1, -0.05) is 0 Å². The number of hydrogen-bond acceptors (Lipinski definition) is 2. The van der Waals surface area contributed by atoms with E-state index in [1.54, 1.807) is 0 Å². The van der Waals surface area contributed by atoms with Gasteiger partial charge in [0.15, 0.2) is 0 Å². The minimum atomic E-state index is -5.65. The molecule has 0 unspecified atom stereocenters. The number of alkyl halides is 5. The summed E-state index contributed by atoms with van der Waals surface area (Å²) in [5, 5.41) is 8.64. The third-order valence-electron chi connectivity index (χ3n) is 2.02. The van der Waals surface area contributed by atoms with Gasteiger partial charge in [0.25, 0.3) is 0 Å². The van der Waals surface area contributed by atoms with Crippen LogP contribution in [0.2, 0.25) is 0 Å². The third-order valence-corrected chi connectivity index (χ3v) is 2.02. The molecule has 0 saturated carbocycles. The number of pyridine rings is 1. The second-order valence-corrected chi connectivity index (χ2v) is 3.22. The first kappa shape index (κ1) is 12.8. The standard InChI is InChI=1S/C9H8F5NO/c1-5-2-6(4-16)15-3-7(5)8(10,11)9(12,13)14/h2-3,16H,4H2,1H3. The first-order valence-corrected chi connectivity index (χ1v) is 4.21. The third kappa shape index (κ3) is 2.13. The molecule has 7 heteroatoms. The van der Waals surface area contributed by atoms with E-state index in [1.807, 2.05) is 0 Å². The van der Waals surface area contributed by atoms with Crippen molar-refractivity contribution in [3.05, 3.63) is 29.1 Å². The molecule has 1 heterocycles. The van der Waals surface area contributed by atoms with Gasteiger partial charge in [0, 0.05) is 6.20 Å². The maximum atomic E-state index is 12.9. The van der Waals surface area contributed by atoms with Gasteiger partial charge >= 0.3 is 12.1 Å². The van der Waals surface area contributed by atoms with Crippen molar-refractivity contribution in [1.82, 2.24) is 4.98 Å². The van der Waals surface area contributed by atoms with Gasteiger partial charge < -0.3 is 5.11 Å². The van der Waals surface area contributed by atoms with Crippen LogP contribution in [0.25, 0.3) is 0 Å². The molecule has 0 amide bonds. The molecule has 1 aromatic rings. The van der Waals surface area contributed by atoms with Crippen molar-refractivity contribution in [1.29, 1.82) is 0 Å². The Balaban J connectivity index is 3.24. The molecule has 0 aliphatic heterocycles. The molecule has 90 valence electrons. The summed E-state index contributed by atoms with van der Waals surface area (Å²) in [7, 11) is 0. The molecule has 1 rings (SSSR count). The number of aliphatic hydroxyl groups excluding tert-OH is 1. The fourth-order valence-corrected chi connectivity index (χ4v) is 1.18. The summed E-state index contributed by atoms with van der Waals surface area (Å²) in [5.74, 6) is -4.93. The van der Waals surface area contributed by atoms with Crippen LogP contribution in [0.3, 0.4) is 0 Å². The zero-order valence-electron chi connectivity index (χ0n) is 8.15. The van der Waals surface area contributed by atoms with Crippen LogP contribution in [-0.4, -0.2) is 16.3 Å². The van der Waals surface area contributed by atoms with Crippen molar-refractivity contribution in [3.8, 4) is 0 Å². The lowest BCUT2D eigenvalue weighted by atomic mass is 10.0. The Morgan fingerprint density at radius 3 is 2.19 bits per heavy atom. The van der Waals surface area contributed by atoms with E-state index in [0.29, 0.717) is 6.20 Å². The predicted molar refractivity (Wildman–Crippen MR) is 44.8 cm³/mol. The average molecular weight is 241 g/mol. The van der Waals surface area contributed by atoms with E-state index in [9.17, 15) is 22.0 Å². The van der Waals surface area contributed by atoms with Gasteiger partial charge in [-0.3, -0.25) is 4.98 Å². The topological polar surface area (TPSA) is 33.1 Å². The fraction of sp³-hybridized carbons (Fsp3) is 0.444. The number of hydrogen-bond donors (Lipinski definition) is 1. The summed E-state index contributed by atoms with van der Waals surface area (Å²) in [5.41, 5.74) is -1.42. The average Bonchev–Trinajstić information content (AvgIpc) is 2.15. The fourth-order valence-electron chi connectivity index (χ4n) is 1.18. The Bertz CT molecular complexity index is 388. The molecule has 0 saturated heterocycles. The Morgan fingerprint density at radius 2 is 1.81 bits per heavy atom. The number of aryl methyl sites for hydroxylation is 1. The Labute approximate surface area is 87.7 Å². The minimum absolute atomic E-state index is 0.0409. The molecule has 16 heavy (non-hydrogen) atoms. The Kier molecular flexibility index (Phi) is 3.18. The van der Waals surface area contributed by atoms with E-state index < -0.39 is 24.3 Å². The van der Waals surface area contributed by atoms with Gasteiger partial charge in [-0.15, -0.1) is 0 Å². The zero-order valence-corrected chi connectivity index (χ0v) is 8.15. The molecule has 0 aliphatic carbocycles. The quantitative estimate of drug-likeness (QED) is 0.807. The van der Waals surface area contributed by atoms with Crippen molar-refractivity contribution in [2.45, 2.75) is 25.6 Å². The molecular weight excluding hydrogens is 233 g/mol. The van der Waals surface area contributed by atoms with Gasteiger partial charge in [-0.05, 0) is 18.6 Å². The monoisotopic (exact) mass is 241 g/mol. The molecule has 0 radical (unpaired) electrons. The predicted octanol–water partition coefficient (Wildman–Crippen LogP) is 2.54. The van der Waals surface area contributed by atoms with E-state index in [2.05, 4.69) is 4.98 Å². The van der Waals surface area contributed by atoms with Crippen LogP contribution < -0.4 is 0 Å². The van der Waals surface area contributed by atoms with E-state index >= 15 is 0 Å². The minimum Gasteiger partial charge on any atom is -0.390 e. The summed E-state index contributed by atoms with van der Waals surface area (Å²) in [6.45, 7) is 0.592. The van der Waals surface area contributed by atoms with Crippen molar-refractivity contribution in [2.75, 3.05) is 0 Å². The highest BCUT2D eigenvalue weighted by Gasteiger charge is 2.59. The lowest BCUT2D eigenvalue weighted by molar-refractivity contribution is -0.289.